The molecule has 0 amide bonds. The molecular formula is C10H14N2O6. The van der Waals surface area contributed by atoms with Crippen LogP contribution in [0.15, 0.2) is 21.9 Å². The third kappa shape index (κ3) is 1.99. The Morgan fingerprint density at radius 3 is 2.89 bits per heavy atom. The molecule has 2 heterocycles. The highest BCUT2D eigenvalue weighted by Crippen LogP contribution is 2.34. The normalized spacial score (nSPS) is 31.7. The summed E-state index contributed by atoms with van der Waals surface area (Å²) in [5.74, 6) is -1.52. The molecule has 0 saturated carbocycles. The van der Waals surface area contributed by atoms with Crippen LogP contribution in [0.25, 0.3) is 0 Å². The van der Waals surface area contributed by atoms with Crippen LogP contribution in [0.5, 0.6) is 0 Å². The molecule has 3 N–H and O–H groups in total. The van der Waals surface area contributed by atoms with Crippen LogP contribution >= 0.6 is 0 Å². The van der Waals surface area contributed by atoms with E-state index in [0.29, 0.717) is 0 Å². The highest BCUT2D eigenvalue weighted by atomic mass is 16.7. The van der Waals surface area contributed by atoms with Gasteiger partial charge in [0.05, 0.1) is 19.1 Å². The Labute approximate surface area is 101 Å². The summed E-state index contributed by atoms with van der Waals surface area (Å²) in [6.45, 7) is -0.398. The lowest BCUT2D eigenvalue weighted by Gasteiger charge is -2.28. The predicted molar refractivity (Wildman–Crippen MR) is 58.9 cm³/mol. The van der Waals surface area contributed by atoms with Crippen molar-refractivity contribution in [2.45, 2.75) is 24.5 Å². The summed E-state index contributed by atoms with van der Waals surface area (Å²) < 4.78 is 11.6. The molecule has 1 aliphatic heterocycles. The molecule has 0 bridgehead atoms. The van der Waals surface area contributed by atoms with Gasteiger partial charge in [0, 0.05) is 19.4 Å². The van der Waals surface area contributed by atoms with Crippen molar-refractivity contribution in [3.8, 4) is 0 Å². The Morgan fingerprint density at radius 2 is 2.39 bits per heavy atom. The molecule has 1 aliphatic rings. The molecule has 8 heteroatoms. The maximum absolute atomic E-state index is 11.7. The molecule has 0 radical (unpaired) electrons. The van der Waals surface area contributed by atoms with Crippen LogP contribution in [0.2, 0.25) is 0 Å². The van der Waals surface area contributed by atoms with Gasteiger partial charge in [-0.25, -0.2) is 9.36 Å². The van der Waals surface area contributed by atoms with Gasteiger partial charge in [-0.05, 0) is 0 Å². The number of methoxy groups -OCH3 is 1. The molecule has 100 valence electrons. The first-order valence-electron chi connectivity index (χ1n) is 5.37. The molecule has 0 aromatic carbocycles. The number of nitrogens with one attached hydrogen (secondary N) is 1. The zero-order chi connectivity index (χ0) is 13.3. The smallest absolute Gasteiger partial charge is 0.332 e. The minimum atomic E-state index is -1.52. The molecule has 18 heavy (non-hydrogen) atoms. The van der Waals surface area contributed by atoms with Gasteiger partial charge in [-0.1, -0.05) is 0 Å². The van der Waals surface area contributed by atoms with E-state index in [2.05, 4.69) is 4.98 Å². The third-order valence-electron chi connectivity index (χ3n) is 2.92. The first-order chi connectivity index (χ1) is 8.52. The predicted octanol–water partition coefficient (Wildman–Crippen LogP) is -2.06. The Hall–Kier alpha value is -1.48. The lowest BCUT2D eigenvalue weighted by molar-refractivity contribution is -0.275. The molecule has 1 unspecified atom stereocenters. The first-order valence-corrected chi connectivity index (χ1v) is 5.37. The average Bonchev–Trinajstić information content (AvgIpc) is 2.67. The van der Waals surface area contributed by atoms with Crippen molar-refractivity contribution in [1.82, 2.24) is 9.55 Å². The molecule has 0 spiro atoms. The van der Waals surface area contributed by atoms with Crippen LogP contribution in [-0.2, 0) is 15.4 Å². The van der Waals surface area contributed by atoms with Gasteiger partial charge in [-0.15, -0.1) is 0 Å². The average molecular weight is 258 g/mol. The Balaban J connectivity index is 2.46. The zero-order valence-corrected chi connectivity index (χ0v) is 9.70. The van der Waals surface area contributed by atoms with Crippen LogP contribution in [0, 0.1) is 0 Å². The minimum absolute atomic E-state index is 0.0271. The molecule has 0 aliphatic carbocycles. The van der Waals surface area contributed by atoms with Gasteiger partial charge in [-0.2, -0.15) is 0 Å². The standard InChI is InChI=1S/C10H14N2O6/c1-17-10(4-6(14)7(5-13)18-10)12-3-2-8(15)11-9(12)16/h2-3,6-7,13-14H,4-5H2,1H3,(H,11,15,16)/t6-,7+,10?/m0/s1. The quantitative estimate of drug-likeness (QED) is 0.574. The Morgan fingerprint density at radius 1 is 1.67 bits per heavy atom. The summed E-state index contributed by atoms with van der Waals surface area (Å²) in [4.78, 5) is 24.8. The van der Waals surface area contributed by atoms with Gasteiger partial charge in [-0.3, -0.25) is 9.78 Å². The van der Waals surface area contributed by atoms with E-state index in [9.17, 15) is 14.7 Å². The highest BCUT2D eigenvalue weighted by Gasteiger charge is 2.48. The van der Waals surface area contributed by atoms with Crippen molar-refractivity contribution in [2.24, 2.45) is 0 Å². The zero-order valence-electron chi connectivity index (χ0n) is 9.70. The number of ether oxygens (including phenoxy) is 2. The van der Waals surface area contributed by atoms with Gasteiger partial charge in [0.15, 0.2) is 0 Å². The maximum atomic E-state index is 11.7. The molecule has 1 saturated heterocycles. The van der Waals surface area contributed by atoms with E-state index < -0.39 is 36.0 Å². The third-order valence-corrected chi connectivity index (χ3v) is 2.92. The highest BCUT2D eigenvalue weighted by molar-refractivity contribution is 4.91. The summed E-state index contributed by atoms with van der Waals surface area (Å²) in [6, 6.07) is 1.14. The number of rotatable bonds is 3. The van der Waals surface area contributed by atoms with Crippen LogP contribution in [0.1, 0.15) is 6.42 Å². The monoisotopic (exact) mass is 258 g/mol. The van der Waals surface area contributed by atoms with E-state index in [1.54, 1.807) is 0 Å². The number of aliphatic hydroxyl groups excluding tert-OH is 2. The van der Waals surface area contributed by atoms with Gasteiger partial charge in [0.25, 0.3) is 11.5 Å². The Bertz CT molecular complexity index is 538. The summed E-state index contributed by atoms with van der Waals surface area (Å²) in [6.07, 6.45) is -0.616. The van der Waals surface area contributed by atoms with Crippen molar-refractivity contribution in [1.29, 1.82) is 0 Å². The summed E-state index contributed by atoms with van der Waals surface area (Å²) in [7, 11) is 1.31. The van der Waals surface area contributed by atoms with E-state index in [0.717, 1.165) is 10.6 Å². The van der Waals surface area contributed by atoms with Gasteiger partial charge in [0.1, 0.15) is 6.10 Å². The van der Waals surface area contributed by atoms with E-state index >= 15 is 0 Å². The van der Waals surface area contributed by atoms with E-state index in [1.807, 2.05) is 0 Å². The number of aliphatic hydroxyl groups is 2. The van der Waals surface area contributed by atoms with Gasteiger partial charge in [0.2, 0.25) is 0 Å². The second kappa shape index (κ2) is 4.65. The summed E-state index contributed by atoms with van der Waals surface area (Å²) in [5.41, 5.74) is -1.25. The maximum Gasteiger partial charge on any atom is 0.332 e. The second-order valence-corrected chi connectivity index (χ2v) is 4.01. The van der Waals surface area contributed by atoms with E-state index in [1.165, 1.54) is 13.3 Å². The molecule has 1 aromatic rings. The van der Waals surface area contributed by atoms with Crippen molar-refractivity contribution < 1.29 is 19.7 Å². The molecule has 3 atom stereocenters. The fourth-order valence-electron chi connectivity index (χ4n) is 1.99. The molecule has 1 aromatic heterocycles. The lowest BCUT2D eigenvalue weighted by atomic mass is 10.2. The second-order valence-electron chi connectivity index (χ2n) is 4.01. The van der Waals surface area contributed by atoms with Crippen LogP contribution in [0.3, 0.4) is 0 Å². The number of nitrogens with zero attached hydrogens (tertiary/aromatic N) is 1. The van der Waals surface area contributed by atoms with Crippen molar-refractivity contribution in [3.63, 3.8) is 0 Å². The van der Waals surface area contributed by atoms with Crippen LogP contribution < -0.4 is 11.2 Å². The number of hydrogen-bond donors (Lipinski definition) is 3. The van der Waals surface area contributed by atoms with Crippen molar-refractivity contribution in [3.05, 3.63) is 33.1 Å². The lowest BCUT2D eigenvalue weighted by Crippen LogP contribution is -2.45. The molecule has 8 nitrogen and oxygen atoms in total. The fourth-order valence-corrected chi connectivity index (χ4v) is 1.99. The summed E-state index contributed by atoms with van der Waals surface area (Å²) >= 11 is 0. The topological polar surface area (TPSA) is 114 Å². The van der Waals surface area contributed by atoms with E-state index in [-0.39, 0.29) is 6.42 Å². The largest absolute Gasteiger partial charge is 0.394 e. The van der Waals surface area contributed by atoms with Crippen LogP contribution in [-0.4, -0.2) is 45.7 Å². The summed E-state index contributed by atoms with van der Waals surface area (Å²) in [5, 5.41) is 18.7. The number of hydrogen-bond acceptors (Lipinski definition) is 6. The molecular weight excluding hydrogens is 244 g/mol. The van der Waals surface area contributed by atoms with Gasteiger partial charge < -0.3 is 19.7 Å². The van der Waals surface area contributed by atoms with Crippen molar-refractivity contribution >= 4 is 0 Å². The Kier molecular flexibility index (Phi) is 3.35. The van der Waals surface area contributed by atoms with E-state index in [4.69, 9.17) is 14.6 Å². The fraction of sp³-hybridized carbons (Fsp3) is 0.600. The van der Waals surface area contributed by atoms with Crippen molar-refractivity contribution in [2.75, 3.05) is 13.7 Å². The van der Waals surface area contributed by atoms with Gasteiger partial charge >= 0.3 is 5.69 Å². The SMILES string of the molecule is COC1(n2ccc(=O)[nH]c2=O)C[C@H](O)[C@@H](CO)O1. The first kappa shape index (κ1) is 13.0. The molecule has 2 rings (SSSR count). The number of H-pyrrole nitrogens is 1. The minimum Gasteiger partial charge on any atom is -0.394 e. The molecule has 1 fully saturated rings. The number of aromatic nitrogens is 2. The number of aromatic amines is 1. The van der Waals surface area contributed by atoms with Crippen LogP contribution in [0.4, 0.5) is 0 Å².